The van der Waals surface area contributed by atoms with E-state index in [1.165, 1.54) is 0 Å². The fourth-order valence-corrected chi connectivity index (χ4v) is 2.41. The average Bonchev–Trinajstić information content (AvgIpc) is 2.62. The third-order valence-electron chi connectivity index (χ3n) is 3.33. The topological polar surface area (TPSA) is 61.8 Å². The molecule has 19 heavy (non-hydrogen) atoms. The summed E-state index contributed by atoms with van der Waals surface area (Å²) in [5.41, 5.74) is 1.71. The van der Waals surface area contributed by atoms with Crippen molar-refractivity contribution in [1.82, 2.24) is 5.32 Å². The van der Waals surface area contributed by atoms with Crippen LogP contribution in [0.4, 0.5) is 5.69 Å². The molecule has 1 unspecified atom stereocenters. The van der Waals surface area contributed by atoms with Crippen molar-refractivity contribution >= 4 is 11.6 Å². The van der Waals surface area contributed by atoms with E-state index in [4.69, 9.17) is 4.74 Å². The number of anilines is 1. The number of amides is 1. The zero-order chi connectivity index (χ0) is 13.8. The van der Waals surface area contributed by atoms with Gasteiger partial charge in [-0.1, -0.05) is 6.07 Å². The molecule has 1 amide bonds. The van der Waals surface area contributed by atoms with Crippen LogP contribution in [0.1, 0.15) is 25.0 Å². The van der Waals surface area contributed by atoms with Crippen molar-refractivity contribution in [2.75, 3.05) is 31.6 Å². The van der Waals surface area contributed by atoms with Crippen LogP contribution in [0.3, 0.4) is 0 Å². The molecular formula is C14H20N2O3. The Morgan fingerprint density at radius 1 is 1.42 bits per heavy atom. The van der Waals surface area contributed by atoms with Crippen molar-refractivity contribution in [1.29, 1.82) is 0 Å². The van der Waals surface area contributed by atoms with Gasteiger partial charge in [-0.25, -0.2) is 0 Å². The molecule has 1 saturated heterocycles. The first kappa shape index (κ1) is 13.7. The number of methoxy groups -OCH3 is 1. The van der Waals surface area contributed by atoms with Crippen LogP contribution in [0, 0.1) is 0 Å². The summed E-state index contributed by atoms with van der Waals surface area (Å²) in [6.07, 6.45) is -0.144. The van der Waals surface area contributed by atoms with Crippen molar-refractivity contribution in [2.24, 2.45) is 0 Å². The summed E-state index contributed by atoms with van der Waals surface area (Å²) in [5, 5.41) is 12.8. The van der Waals surface area contributed by atoms with Gasteiger partial charge >= 0.3 is 0 Å². The molecule has 0 saturated carbocycles. The van der Waals surface area contributed by atoms with Gasteiger partial charge in [0.05, 0.1) is 13.2 Å². The van der Waals surface area contributed by atoms with Gasteiger partial charge in [-0.3, -0.25) is 4.79 Å². The zero-order valence-electron chi connectivity index (χ0n) is 11.3. The second-order valence-corrected chi connectivity index (χ2v) is 4.66. The minimum atomic E-state index is -0.613. The van der Waals surface area contributed by atoms with Crippen molar-refractivity contribution in [3.05, 3.63) is 23.8 Å². The maximum atomic E-state index is 11.4. The third-order valence-corrected chi connectivity index (χ3v) is 3.33. The van der Waals surface area contributed by atoms with Crippen LogP contribution < -0.4 is 15.0 Å². The Bertz CT molecular complexity index is 460. The second-order valence-electron chi connectivity index (χ2n) is 4.66. The molecule has 1 aliphatic heterocycles. The van der Waals surface area contributed by atoms with Crippen LogP contribution >= 0.6 is 0 Å². The van der Waals surface area contributed by atoms with E-state index in [0.29, 0.717) is 25.3 Å². The fraction of sp³-hybridized carbons (Fsp3) is 0.500. The highest BCUT2D eigenvalue weighted by Crippen LogP contribution is 2.34. The van der Waals surface area contributed by atoms with Gasteiger partial charge in [0.15, 0.2) is 0 Å². The van der Waals surface area contributed by atoms with Crippen LogP contribution in [-0.2, 0) is 4.79 Å². The number of benzene rings is 1. The number of carbonyl (C=O) groups excluding carboxylic acids is 1. The molecule has 0 radical (unpaired) electrons. The first-order valence-corrected chi connectivity index (χ1v) is 6.50. The monoisotopic (exact) mass is 264 g/mol. The van der Waals surface area contributed by atoms with Crippen LogP contribution in [0.15, 0.2) is 18.2 Å². The van der Waals surface area contributed by atoms with E-state index < -0.39 is 6.10 Å². The summed E-state index contributed by atoms with van der Waals surface area (Å²) in [4.78, 5) is 13.5. The summed E-state index contributed by atoms with van der Waals surface area (Å²) in [7, 11) is 1.60. The molecule has 1 heterocycles. The van der Waals surface area contributed by atoms with Crippen LogP contribution in [0.25, 0.3) is 0 Å². The van der Waals surface area contributed by atoms with Crippen molar-refractivity contribution in [2.45, 2.75) is 19.4 Å². The minimum Gasteiger partial charge on any atom is -0.496 e. The standard InChI is InChI=1S/C14H20N2O3/c1-10(17)14-11(4-3-5-12(14)19-2)16-8-6-13(18)15-7-9-16/h3-5,10,17H,6-9H2,1-2H3,(H,15,18). The predicted octanol–water partition coefficient (Wildman–Crippen LogP) is 1.07. The Kier molecular flexibility index (Phi) is 4.27. The number of aliphatic hydroxyl groups excluding tert-OH is 1. The molecule has 2 rings (SSSR count). The molecule has 0 spiro atoms. The Morgan fingerprint density at radius 2 is 2.21 bits per heavy atom. The summed E-state index contributed by atoms with van der Waals surface area (Å²) < 4.78 is 5.32. The number of carbonyl (C=O) groups is 1. The largest absolute Gasteiger partial charge is 0.496 e. The lowest BCUT2D eigenvalue weighted by atomic mass is 10.1. The van der Waals surface area contributed by atoms with Gasteiger partial charge in [-0.05, 0) is 19.1 Å². The lowest BCUT2D eigenvalue weighted by molar-refractivity contribution is -0.120. The Morgan fingerprint density at radius 3 is 2.89 bits per heavy atom. The molecule has 1 atom stereocenters. The number of nitrogens with one attached hydrogen (secondary N) is 1. The lowest BCUT2D eigenvalue weighted by Gasteiger charge is -2.27. The molecule has 0 aromatic heterocycles. The second kappa shape index (κ2) is 5.93. The normalized spacial score (nSPS) is 17.6. The van der Waals surface area contributed by atoms with Crippen molar-refractivity contribution in [3.8, 4) is 5.75 Å². The number of ether oxygens (including phenoxy) is 1. The maximum Gasteiger partial charge on any atom is 0.221 e. The SMILES string of the molecule is COc1cccc(N2CCNC(=O)CC2)c1C(C)O. The zero-order valence-corrected chi connectivity index (χ0v) is 11.3. The summed E-state index contributed by atoms with van der Waals surface area (Å²) in [6, 6.07) is 5.70. The molecule has 1 fully saturated rings. The van der Waals surface area contributed by atoms with Crippen molar-refractivity contribution in [3.63, 3.8) is 0 Å². The van der Waals surface area contributed by atoms with Gasteiger partial charge in [0.1, 0.15) is 5.75 Å². The van der Waals surface area contributed by atoms with E-state index in [0.717, 1.165) is 17.8 Å². The first-order valence-electron chi connectivity index (χ1n) is 6.50. The number of hydrogen-bond acceptors (Lipinski definition) is 4. The molecule has 5 heteroatoms. The van der Waals surface area contributed by atoms with E-state index in [9.17, 15) is 9.90 Å². The van der Waals surface area contributed by atoms with Gasteiger partial charge in [0, 0.05) is 37.3 Å². The molecule has 1 aliphatic rings. The van der Waals surface area contributed by atoms with Crippen molar-refractivity contribution < 1.29 is 14.6 Å². The Balaban J connectivity index is 2.35. The number of nitrogens with zero attached hydrogens (tertiary/aromatic N) is 1. The quantitative estimate of drug-likeness (QED) is 0.857. The summed E-state index contributed by atoms with van der Waals surface area (Å²) >= 11 is 0. The highest BCUT2D eigenvalue weighted by Gasteiger charge is 2.20. The molecule has 2 N–H and O–H groups in total. The summed E-state index contributed by atoms with van der Waals surface area (Å²) in [5.74, 6) is 0.750. The number of rotatable bonds is 3. The maximum absolute atomic E-state index is 11.4. The highest BCUT2D eigenvalue weighted by atomic mass is 16.5. The Labute approximate surface area is 113 Å². The first-order chi connectivity index (χ1) is 9.13. The molecule has 5 nitrogen and oxygen atoms in total. The molecule has 0 bridgehead atoms. The number of aliphatic hydroxyl groups is 1. The highest BCUT2D eigenvalue weighted by molar-refractivity contribution is 5.77. The average molecular weight is 264 g/mol. The molecular weight excluding hydrogens is 244 g/mol. The molecule has 104 valence electrons. The lowest BCUT2D eigenvalue weighted by Crippen LogP contribution is -2.29. The fourth-order valence-electron chi connectivity index (χ4n) is 2.41. The van der Waals surface area contributed by atoms with Crippen LogP contribution in [0.5, 0.6) is 5.75 Å². The van der Waals surface area contributed by atoms with E-state index >= 15 is 0 Å². The van der Waals surface area contributed by atoms with Crippen LogP contribution in [0.2, 0.25) is 0 Å². The smallest absolute Gasteiger partial charge is 0.221 e. The van der Waals surface area contributed by atoms with E-state index in [2.05, 4.69) is 10.2 Å². The van der Waals surface area contributed by atoms with Gasteiger partial charge in [-0.2, -0.15) is 0 Å². The van der Waals surface area contributed by atoms with Gasteiger partial charge in [0.25, 0.3) is 0 Å². The molecule has 1 aromatic rings. The Hall–Kier alpha value is -1.75. The van der Waals surface area contributed by atoms with E-state index in [-0.39, 0.29) is 5.91 Å². The molecule has 1 aromatic carbocycles. The summed E-state index contributed by atoms with van der Waals surface area (Å²) in [6.45, 7) is 3.73. The van der Waals surface area contributed by atoms with Gasteiger partial charge < -0.3 is 20.1 Å². The van der Waals surface area contributed by atoms with E-state index in [1.54, 1.807) is 14.0 Å². The third kappa shape index (κ3) is 2.98. The number of hydrogen-bond donors (Lipinski definition) is 2. The van der Waals surface area contributed by atoms with Gasteiger partial charge in [-0.15, -0.1) is 0 Å². The minimum absolute atomic E-state index is 0.0731. The van der Waals surface area contributed by atoms with Crippen LogP contribution in [-0.4, -0.2) is 37.8 Å². The van der Waals surface area contributed by atoms with Gasteiger partial charge in [0.2, 0.25) is 5.91 Å². The predicted molar refractivity (Wildman–Crippen MR) is 73.5 cm³/mol. The van der Waals surface area contributed by atoms with E-state index in [1.807, 2.05) is 18.2 Å². The molecule has 0 aliphatic carbocycles.